The Bertz CT molecular complexity index is 788. The van der Waals surface area contributed by atoms with Gasteiger partial charge in [0, 0.05) is 12.7 Å². The van der Waals surface area contributed by atoms with Crippen molar-refractivity contribution in [3.05, 3.63) is 53.3 Å². The van der Waals surface area contributed by atoms with E-state index in [1.54, 1.807) is 26.0 Å². The number of rotatable bonds is 3. The smallest absolute Gasteiger partial charge is 0.264 e. The van der Waals surface area contributed by atoms with Gasteiger partial charge < -0.3 is 5.73 Å². The number of nitrogen functional groups attached to an aromatic ring is 1. The van der Waals surface area contributed by atoms with Gasteiger partial charge in [-0.1, -0.05) is 12.1 Å². The van der Waals surface area contributed by atoms with E-state index < -0.39 is 15.8 Å². The Balaban J connectivity index is 2.60. The average molecular weight is 308 g/mol. The molecule has 0 aliphatic rings. The van der Waals surface area contributed by atoms with E-state index >= 15 is 0 Å². The fourth-order valence-electron chi connectivity index (χ4n) is 2.19. The zero-order valence-corrected chi connectivity index (χ0v) is 12.9. The van der Waals surface area contributed by atoms with Gasteiger partial charge in [0.1, 0.15) is 5.82 Å². The van der Waals surface area contributed by atoms with Crippen molar-refractivity contribution < 1.29 is 12.8 Å². The van der Waals surface area contributed by atoms with Crippen molar-refractivity contribution in [3.63, 3.8) is 0 Å². The summed E-state index contributed by atoms with van der Waals surface area (Å²) in [6.07, 6.45) is 0. The van der Waals surface area contributed by atoms with Gasteiger partial charge in [0.05, 0.1) is 10.6 Å². The maximum absolute atomic E-state index is 13.3. The minimum Gasteiger partial charge on any atom is -0.398 e. The SMILES string of the molecule is Cc1ccc(N)c(C)c1S(=O)(=O)N(C)c1cccc(F)c1. The molecule has 0 unspecified atom stereocenters. The lowest BCUT2D eigenvalue weighted by atomic mass is 10.1. The molecule has 0 aliphatic heterocycles. The van der Waals surface area contributed by atoms with Crippen LogP contribution in [0.5, 0.6) is 0 Å². The summed E-state index contributed by atoms with van der Waals surface area (Å²) in [5, 5.41) is 0. The number of anilines is 2. The van der Waals surface area contributed by atoms with Crippen molar-refractivity contribution in [1.82, 2.24) is 0 Å². The Morgan fingerprint density at radius 2 is 1.81 bits per heavy atom. The van der Waals surface area contributed by atoms with Gasteiger partial charge in [-0.15, -0.1) is 0 Å². The van der Waals surface area contributed by atoms with E-state index in [2.05, 4.69) is 0 Å². The monoisotopic (exact) mass is 308 g/mol. The fourth-order valence-corrected chi connectivity index (χ4v) is 3.83. The van der Waals surface area contributed by atoms with Gasteiger partial charge in [-0.3, -0.25) is 4.31 Å². The minimum absolute atomic E-state index is 0.161. The fraction of sp³-hybridized carbons (Fsp3) is 0.200. The molecule has 2 aromatic rings. The molecule has 6 heteroatoms. The molecule has 0 bridgehead atoms. The first-order chi connectivity index (χ1) is 9.75. The summed E-state index contributed by atoms with van der Waals surface area (Å²) < 4.78 is 39.9. The van der Waals surface area contributed by atoms with Crippen molar-refractivity contribution >= 4 is 21.4 Å². The van der Waals surface area contributed by atoms with Gasteiger partial charge in [0.2, 0.25) is 0 Å². The van der Waals surface area contributed by atoms with Crippen LogP contribution in [-0.2, 0) is 10.0 Å². The predicted molar refractivity (Wildman–Crippen MR) is 82.3 cm³/mol. The van der Waals surface area contributed by atoms with E-state index in [9.17, 15) is 12.8 Å². The summed E-state index contributed by atoms with van der Waals surface area (Å²) in [7, 11) is -2.41. The molecule has 2 N–H and O–H groups in total. The summed E-state index contributed by atoms with van der Waals surface area (Å²) in [5.74, 6) is -0.490. The quantitative estimate of drug-likeness (QED) is 0.887. The summed E-state index contributed by atoms with van der Waals surface area (Å²) in [4.78, 5) is 0.161. The van der Waals surface area contributed by atoms with Gasteiger partial charge in [0.15, 0.2) is 0 Å². The van der Waals surface area contributed by atoms with Crippen LogP contribution in [0.2, 0.25) is 0 Å². The Kier molecular flexibility index (Phi) is 3.91. The van der Waals surface area contributed by atoms with E-state index in [1.165, 1.54) is 31.3 Å². The number of benzene rings is 2. The van der Waals surface area contributed by atoms with Crippen LogP contribution < -0.4 is 10.0 Å². The minimum atomic E-state index is -3.81. The molecule has 0 saturated carbocycles. The van der Waals surface area contributed by atoms with Crippen molar-refractivity contribution in [3.8, 4) is 0 Å². The van der Waals surface area contributed by atoms with E-state index in [0.717, 1.165) is 4.31 Å². The number of sulfonamides is 1. The molecule has 0 atom stereocenters. The zero-order valence-electron chi connectivity index (χ0n) is 12.1. The number of aryl methyl sites for hydroxylation is 1. The molecule has 0 aromatic heterocycles. The highest BCUT2D eigenvalue weighted by Gasteiger charge is 2.26. The molecule has 0 radical (unpaired) electrons. The van der Waals surface area contributed by atoms with Crippen LogP contribution in [0, 0.1) is 19.7 Å². The van der Waals surface area contributed by atoms with Gasteiger partial charge in [-0.2, -0.15) is 0 Å². The van der Waals surface area contributed by atoms with E-state index in [4.69, 9.17) is 5.73 Å². The first-order valence-electron chi connectivity index (χ1n) is 6.35. The van der Waals surface area contributed by atoms with Gasteiger partial charge >= 0.3 is 0 Å². The summed E-state index contributed by atoms with van der Waals surface area (Å²) >= 11 is 0. The number of nitrogens with zero attached hydrogens (tertiary/aromatic N) is 1. The highest BCUT2D eigenvalue weighted by Crippen LogP contribution is 2.29. The number of halogens is 1. The number of nitrogens with two attached hydrogens (primary N) is 1. The predicted octanol–water partition coefficient (Wildman–Crippen LogP) is 2.85. The Labute approximate surface area is 124 Å². The second-order valence-corrected chi connectivity index (χ2v) is 6.78. The Morgan fingerprint density at radius 1 is 1.14 bits per heavy atom. The van der Waals surface area contributed by atoms with E-state index in [-0.39, 0.29) is 10.6 Å². The first-order valence-corrected chi connectivity index (χ1v) is 7.79. The maximum atomic E-state index is 13.3. The highest BCUT2D eigenvalue weighted by molar-refractivity contribution is 7.93. The van der Waals surface area contributed by atoms with E-state index in [1.807, 2.05) is 0 Å². The number of hydrogen-bond donors (Lipinski definition) is 1. The average Bonchev–Trinajstić information content (AvgIpc) is 2.42. The van der Waals surface area contributed by atoms with Crippen LogP contribution in [-0.4, -0.2) is 15.5 Å². The summed E-state index contributed by atoms with van der Waals surface area (Å²) in [6.45, 7) is 3.37. The molecular weight excluding hydrogens is 291 g/mol. The first kappa shape index (κ1) is 15.3. The van der Waals surface area contributed by atoms with Gasteiger partial charge in [0.25, 0.3) is 10.0 Å². The van der Waals surface area contributed by atoms with Crippen molar-refractivity contribution in [2.45, 2.75) is 18.7 Å². The van der Waals surface area contributed by atoms with Crippen LogP contribution in [0.3, 0.4) is 0 Å². The lowest BCUT2D eigenvalue weighted by Gasteiger charge is -2.22. The standard InChI is InChI=1S/C15H17FN2O2S/c1-10-7-8-14(17)11(2)15(10)21(19,20)18(3)13-6-4-5-12(16)9-13/h4-9H,17H2,1-3H3. The van der Waals surface area contributed by atoms with Crippen LogP contribution in [0.1, 0.15) is 11.1 Å². The lowest BCUT2D eigenvalue weighted by Crippen LogP contribution is -2.28. The van der Waals surface area contributed by atoms with Crippen LogP contribution in [0.25, 0.3) is 0 Å². The topological polar surface area (TPSA) is 63.4 Å². The molecule has 21 heavy (non-hydrogen) atoms. The molecular formula is C15H17FN2O2S. The maximum Gasteiger partial charge on any atom is 0.264 e. The largest absolute Gasteiger partial charge is 0.398 e. The second kappa shape index (κ2) is 5.37. The molecule has 0 saturated heterocycles. The lowest BCUT2D eigenvalue weighted by molar-refractivity contribution is 0.593. The van der Waals surface area contributed by atoms with Crippen LogP contribution in [0.4, 0.5) is 15.8 Å². The molecule has 0 aliphatic carbocycles. The number of hydrogen-bond acceptors (Lipinski definition) is 3. The third-order valence-electron chi connectivity index (χ3n) is 3.43. The molecule has 0 fully saturated rings. The molecule has 2 rings (SSSR count). The molecule has 112 valence electrons. The Hall–Kier alpha value is -2.08. The van der Waals surface area contributed by atoms with Gasteiger partial charge in [-0.05, 0) is 49.2 Å². The van der Waals surface area contributed by atoms with Crippen molar-refractivity contribution in [2.24, 2.45) is 0 Å². The third-order valence-corrected chi connectivity index (χ3v) is 5.51. The Morgan fingerprint density at radius 3 is 2.43 bits per heavy atom. The van der Waals surface area contributed by atoms with Crippen molar-refractivity contribution in [2.75, 3.05) is 17.1 Å². The second-order valence-electron chi connectivity index (χ2n) is 4.88. The van der Waals surface area contributed by atoms with Crippen LogP contribution in [0.15, 0.2) is 41.3 Å². The summed E-state index contributed by atoms with van der Waals surface area (Å²) in [6, 6.07) is 8.78. The molecule has 2 aromatic carbocycles. The van der Waals surface area contributed by atoms with E-state index in [0.29, 0.717) is 16.8 Å². The molecule has 0 amide bonds. The molecule has 0 spiro atoms. The van der Waals surface area contributed by atoms with Crippen molar-refractivity contribution in [1.29, 1.82) is 0 Å². The van der Waals surface area contributed by atoms with Gasteiger partial charge in [-0.25, -0.2) is 12.8 Å². The highest BCUT2D eigenvalue weighted by atomic mass is 32.2. The summed E-state index contributed by atoms with van der Waals surface area (Å²) in [5.41, 5.74) is 7.58. The van der Waals surface area contributed by atoms with Crippen LogP contribution >= 0.6 is 0 Å². The third kappa shape index (κ3) is 2.71. The molecule has 4 nitrogen and oxygen atoms in total. The normalized spacial score (nSPS) is 11.4. The zero-order chi connectivity index (χ0) is 15.8. The molecule has 0 heterocycles.